The second kappa shape index (κ2) is 7.39. The number of pyridine rings is 1. The van der Waals surface area contributed by atoms with E-state index in [0.29, 0.717) is 0 Å². The van der Waals surface area contributed by atoms with E-state index in [-0.39, 0.29) is 33.4 Å². The van der Waals surface area contributed by atoms with E-state index in [0.717, 1.165) is 9.58 Å². The topological polar surface area (TPSA) is 105 Å². The largest absolute Gasteiger partial charge is 0.465 e. The molecule has 28 heavy (non-hydrogen) atoms. The number of benzene rings is 1. The van der Waals surface area contributed by atoms with E-state index >= 15 is 0 Å². The molecule has 1 amide bonds. The molecule has 0 unspecified atom stereocenters. The van der Waals surface area contributed by atoms with E-state index in [1.54, 1.807) is 6.07 Å². The number of carbonyl (C=O) groups is 1. The number of sulfone groups is 1. The lowest BCUT2D eigenvalue weighted by atomic mass is 10.2. The molecule has 0 radical (unpaired) electrons. The van der Waals surface area contributed by atoms with Gasteiger partial charge in [0.2, 0.25) is 9.84 Å². The van der Waals surface area contributed by atoms with Crippen LogP contribution in [0.1, 0.15) is 11.3 Å². The number of rotatable bonds is 5. The summed E-state index contributed by atoms with van der Waals surface area (Å²) >= 11 is 0. The Kier molecular flexibility index (Phi) is 5.14. The van der Waals surface area contributed by atoms with Crippen LogP contribution in [-0.2, 0) is 16.4 Å². The summed E-state index contributed by atoms with van der Waals surface area (Å²) in [6, 6.07) is 8.41. The van der Waals surface area contributed by atoms with Gasteiger partial charge in [0.25, 0.3) is 0 Å². The van der Waals surface area contributed by atoms with Crippen molar-refractivity contribution in [1.29, 1.82) is 0 Å². The van der Waals surface area contributed by atoms with Crippen LogP contribution in [0.25, 0.3) is 5.69 Å². The van der Waals surface area contributed by atoms with Gasteiger partial charge in [-0.3, -0.25) is 4.98 Å². The average Bonchev–Trinajstić information content (AvgIpc) is 3.09. The monoisotopic (exact) mass is 404 g/mol. The van der Waals surface area contributed by atoms with Crippen molar-refractivity contribution in [3.05, 3.63) is 65.9 Å². The molecular formula is C18H17FN4O4S. The van der Waals surface area contributed by atoms with Gasteiger partial charge in [-0.1, -0.05) is 6.07 Å². The summed E-state index contributed by atoms with van der Waals surface area (Å²) in [5.74, 6) is -0.512. The zero-order valence-electron chi connectivity index (χ0n) is 15.1. The Labute approximate surface area is 160 Å². The van der Waals surface area contributed by atoms with E-state index in [2.05, 4.69) is 10.1 Å². The van der Waals surface area contributed by atoms with E-state index in [1.165, 1.54) is 56.7 Å². The van der Waals surface area contributed by atoms with Crippen molar-refractivity contribution >= 4 is 15.9 Å². The van der Waals surface area contributed by atoms with Gasteiger partial charge in [0.15, 0.2) is 5.03 Å². The van der Waals surface area contributed by atoms with Crippen LogP contribution in [0.2, 0.25) is 0 Å². The van der Waals surface area contributed by atoms with Gasteiger partial charge in [-0.15, -0.1) is 0 Å². The van der Waals surface area contributed by atoms with E-state index in [4.69, 9.17) is 5.11 Å². The first-order chi connectivity index (χ1) is 13.2. The van der Waals surface area contributed by atoms with Crippen molar-refractivity contribution in [3.63, 3.8) is 0 Å². The molecule has 0 saturated heterocycles. The Balaban J connectivity index is 2.21. The van der Waals surface area contributed by atoms with Gasteiger partial charge in [-0.25, -0.2) is 22.3 Å². The summed E-state index contributed by atoms with van der Waals surface area (Å²) in [5.41, 5.74) is 0.661. The molecule has 3 rings (SSSR count). The molecule has 146 valence electrons. The molecule has 8 nitrogen and oxygen atoms in total. The van der Waals surface area contributed by atoms with Crippen molar-refractivity contribution < 1.29 is 22.7 Å². The average molecular weight is 404 g/mol. The Morgan fingerprint density at radius 2 is 2.04 bits per heavy atom. The van der Waals surface area contributed by atoms with Crippen molar-refractivity contribution in [1.82, 2.24) is 19.7 Å². The van der Waals surface area contributed by atoms with Gasteiger partial charge >= 0.3 is 6.09 Å². The molecular weight excluding hydrogens is 387 g/mol. The van der Waals surface area contributed by atoms with Crippen LogP contribution >= 0.6 is 0 Å². The van der Waals surface area contributed by atoms with Gasteiger partial charge in [0, 0.05) is 31.1 Å². The zero-order valence-corrected chi connectivity index (χ0v) is 15.9. The maximum atomic E-state index is 14.1. The maximum absolute atomic E-state index is 14.1. The molecule has 0 spiro atoms. The summed E-state index contributed by atoms with van der Waals surface area (Å²) in [4.78, 5) is 15.8. The fourth-order valence-corrected chi connectivity index (χ4v) is 3.97. The summed E-state index contributed by atoms with van der Waals surface area (Å²) in [6.45, 7) is 1.38. The number of hydrogen-bond acceptors (Lipinski definition) is 5. The zero-order chi connectivity index (χ0) is 20.5. The molecule has 1 N–H and O–H groups in total. The SMILES string of the molecule is Cc1c(F)cccc1-n1nc(CN(C)C(=O)O)cc1S(=O)(=O)c1cccnc1. The number of aromatic nitrogens is 3. The van der Waals surface area contributed by atoms with Crippen LogP contribution in [0.4, 0.5) is 9.18 Å². The smallest absolute Gasteiger partial charge is 0.407 e. The van der Waals surface area contributed by atoms with Gasteiger partial charge in [0.1, 0.15) is 5.82 Å². The molecule has 0 aliphatic carbocycles. The van der Waals surface area contributed by atoms with Crippen molar-refractivity contribution in [2.45, 2.75) is 23.4 Å². The van der Waals surface area contributed by atoms with Crippen LogP contribution < -0.4 is 0 Å². The maximum Gasteiger partial charge on any atom is 0.407 e. The minimum absolute atomic E-state index is 0.0525. The summed E-state index contributed by atoms with van der Waals surface area (Å²) in [6.07, 6.45) is 1.46. The first kappa shape index (κ1) is 19.5. The third-order valence-electron chi connectivity index (χ3n) is 4.14. The van der Waals surface area contributed by atoms with Crippen molar-refractivity contribution in [3.8, 4) is 5.69 Å². The summed E-state index contributed by atoms with van der Waals surface area (Å²) < 4.78 is 41.4. The lowest BCUT2D eigenvalue weighted by molar-refractivity contribution is 0.153. The standard InChI is InChI=1S/C18H17FN4O4S/c1-12-15(19)6-3-7-16(12)23-17(9-13(21-23)11-22(2)18(24)25)28(26,27)14-5-4-8-20-10-14/h3-10H,11H2,1-2H3,(H,24,25). The number of halogens is 1. The molecule has 0 fully saturated rings. The fraction of sp³-hybridized carbons (Fsp3) is 0.167. The minimum atomic E-state index is -4.03. The third-order valence-corrected chi connectivity index (χ3v) is 5.84. The molecule has 0 aliphatic rings. The van der Waals surface area contributed by atoms with Crippen LogP contribution in [0.15, 0.2) is 58.7 Å². The molecule has 2 aromatic heterocycles. The Morgan fingerprint density at radius 3 is 2.68 bits per heavy atom. The van der Waals surface area contributed by atoms with Gasteiger partial charge in [0.05, 0.1) is 22.8 Å². The normalized spacial score (nSPS) is 11.4. The van der Waals surface area contributed by atoms with Crippen molar-refractivity contribution in [2.24, 2.45) is 0 Å². The quantitative estimate of drug-likeness (QED) is 0.701. The number of nitrogens with zero attached hydrogens (tertiary/aromatic N) is 4. The molecule has 0 aliphatic heterocycles. The molecule has 3 aromatic rings. The van der Waals surface area contributed by atoms with Crippen LogP contribution in [0, 0.1) is 12.7 Å². The van der Waals surface area contributed by atoms with Crippen LogP contribution in [0.3, 0.4) is 0 Å². The number of hydrogen-bond donors (Lipinski definition) is 1. The lowest BCUT2D eigenvalue weighted by Crippen LogP contribution is -2.24. The highest BCUT2D eigenvalue weighted by Gasteiger charge is 2.26. The minimum Gasteiger partial charge on any atom is -0.465 e. The highest BCUT2D eigenvalue weighted by molar-refractivity contribution is 7.91. The number of carboxylic acid groups (broad SMARTS) is 1. The van der Waals surface area contributed by atoms with Gasteiger partial charge in [-0.2, -0.15) is 5.10 Å². The van der Waals surface area contributed by atoms with Crippen LogP contribution in [0.5, 0.6) is 0 Å². The molecule has 0 atom stereocenters. The van der Waals surface area contributed by atoms with Gasteiger partial charge in [-0.05, 0) is 31.2 Å². The van der Waals surface area contributed by atoms with Gasteiger partial charge < -0.3 is 10.0 Å². The first-order valence-corrected chi connectivity index (χ1v) is 9.63. The highest BCUT2D eigenvalue weighted by Crippen LogP contribution is 2.26. The second-order valence-electron chi connectivity index (χ2n) is 6.10. The first-order valence-electron chi connectivity index (χ1n) is 8.15. The Bertz CT molecular complexity index is 1130. The Hall–Kier alpha value is -3.27. The fourth-order valence-electron chi connectivity index (χ4n) is 2.61. The lowest BCUT2D eigenvalue weighted by Gasteiger charge is -2.11. The predicted octanol–water partition coefficient (Wildman–Crippen LogP) is 2.66. The summed E-state index contributed by atoms with van der Waals surface area (Å²) in [5, 5.41) is 13.1. The molecule has 0 saturated carbocycles. The highest BCUT2D eigenvalue weighted by atomic mass is 32.2. The number of amides is 1. The second-order valence-corrected chi connectivity index (χ2v) is 8.00. The molecule has 0 bridgehead atoms. The van der Waals surface area contributed by atoms with E-state index in [1.807, 2.05) is 0 Å². The third kappa shape index (κ3) is 3.58. The summed E-state index contributed by atoms with van der Waals surface area (Å²) in [7, 11) is -2.70. The molecule has 1 aromatic carbocycles. The van der Waals surface area contributed by atoms with E-state index in [9.17, 15) is 17.6 Å². The molecule has 2 heterocycles. The van der Waals surface area contributed by atoms with Crippen LogP contribution in [-0.4, -0.2) is 46.3 Å². The Morgan fingerprint density at radius 1 is 1.29 bits per heavy atom. The van der Waals surface area contributed by atoms with E-state index < -0.39 is 21.7 Å². The van der Waals surface area contributed by atoms with Crippen molar-refractivity contribution in [2.75, 3.05) is 7.05 Å². The predicted molar refractivity (Wildman–Crippen MR) is 97.4 cm³/mol. The molecule has 10 heteroatoms.